The van der Waals surface area contributed by atoms with Crippen LogP contribution in [-0.4, -0.2) is 9.97 Å². The van der Waals surface area contributed by atoms with E-state index in [-0.39, 0.29) is 0 Å². The molecule has 0 saturated heterocycles. The van der Waals surface area contributed by atoms with E-state index < -0.39 is 0 Å². The number of aryl methyl sites for hydroxylation is 2. The first kappa shape index (κ1) is 12.8. The van der Waals surface area contributed by atoms with Gasteiger partial charge in [-0.25, -0.2) is 9.97 Å². The standard InChI is InChI=1S/C16H15N3S/c1-11-3-6-13(7-4-11)14-10-20-16(18-14)19-15-8-5-12(2)9-17-15/h3-10H,1-2H3,(H,17,18,19). The maximum Gasteiger partial charge on any atom is 0.188 e. The van der Waals surface area contributed by atoms with Gasteiger partial charge in [0, 0.05) is 17.1 Å². The Morgan fingerprint density at radius 3 is 2.40 bits per heavy atom. The average Bonchev–Trinajstić information content (AvgIpc) is 2.91. The van der Waals surface area contributed by atoms with E-state index in [1.54, 1.807) is 11.3 Å². The molecule has 3 rings (SSSR count). The highest BCUT2D eigenvalue weighted by Crippen LogP contribution is 2.26. The molecule has 0 atom stereocenters. The van der Waals surface area contributed by atoms with Gasteiger partial charge in [-0.3, -0.25) is 0 Å². The molecule has 3 aromatic rings. The fourth-order valence-corrected chi connectivity index (χ4v) is 2.57. The van der Waals surface area contributed by atoms with E-state index in [4.69, 9.17) is 0 Å². The minimum absolute atomic E-state index is 0.820. The van der Waals surface area contributed by atoms with Crippen molar-refractivity contribution in [1.29, 1.82) is 0 Å². The molecule has 20 heavy (non-hydrogen) atoms. The smallest absolute Gasteiger partial charge is 0.188 e. The van der Waals surface area contributed by atoms with Crippen molar-refractivity contribution in [3.05, 3.63) is 59.1 Å². The lowest BCUT2D eigenvalue weighted by atomic mass is 10.1. The summed E-state index contributed by atoms with van der Waals surface area (Å²) in [6.45, 7) is 4.11. The van der Waals surface area contributed by atoms with Crippen molar-refractivity contribution in [2.75, 3.05) is 5.32 Å². The lowest BCUT2D eigenvalue weighted by Gasteiger charge is -2.01. The number of nitrogens with one attached hydrogen (secondary N) is 1. The summed E-state index contributed by atoms with van der Waals surface area (Å²) in [5, 5.41) is 6.14. The molecule has 0 spiro atoms. The topological polar surface area (TPSA) is 37.8 Å². The van der Waals surface area contributed by atoms with Gasteiger partial charge in [-0.15, -0.1) is 11.3 Å². The van der Waals surface area contributed by atoms with Gasteiger partial charge in [0.05, 0.1) is 5.69 Å². The molecular formula is C16H15N3S. The van der Waals surface area contributed by atoms with E-state index in [1.807, 2.05) is 25.3 Å². The third-order valence-corrected chi connectivity index (χ3v) is 3.76. The number of hydrogen-bond acceptors (Lipinski definition) is 4. The predicted octanol–water partition coefficient (Wildman–Crippen LogP) is 4.57. The molecule has 100 valence electrons. The number of nitrogens with zero attached hydrogens (tertiary/aromatic N) is 2. The van der Waals surface area contributed by atoms with Crippen LogP contribution in [0, 0.1) is 13.8 Å². The van der Waals surface area contributed by atoms with Crippen molar-refractivity contribution in [3.63, 3.8) is 0 Å². The first-order chi connectivity index (χ1) is 9.70. The van der Waals surface area contributed by atoms with Crippen LogP contribution in [0.4, 0.5) is 10.9 Å². The Morgan fingerprint density at radius 2 is 1.70 bits per heavy atom. The lowest BCUT2D eigenvalue weighted by molar-refractivity contribution is 1.25. The Balaban J connectivity index is 1.80. The van der Waals surface area contributed by atoms with Crippen LogP contribution in [-0.2, 0) is 0 Å². The number of hydrogen-bond donors (Lipinski definition) is 1. The molecule has 0 amide bonds. The van der Waals surface area contributed by atoms with Crippen molar-refractivity contribution >= 4 is 22.3 Å². The van der Waals surface area contributed by atoms with Crippen molar-refractivity contribution in [3.8, 4) is 11.3 Å². The van der Waals surface area contributed by atoms with Gasteiger partial charge in [0.1, 0.15) is 5.82 Å². The van der Waals surface area contributed by atoms with Crippen LogP contribution in [0.15, 0.2) is 48.0 Å². The number of benzene rings is 1. The third kappa shape index (κ3) is 2.86. The Hall–Kier alpha value is -2.20. The maximum absolute atomic E-state index is 4.60. The van der Waals surface area contributed by atoms with Crippen LogP contribution in [0.2, 0.25) is 0 Å². The Morgan fingerprint density at radius 1 is 0.950 bits per heavy atom. The van der Waals surface area contributed by atoms with Gasteiger partial charge in [-0.1, -0.05) is 35.9 Å². The summed E-state index contributed by atoms with van der Waals surface area (Å²) in [5.41, 5.74) is 4.53. The second-order valence-corrected chi connectivity index (χ2v) is 5.61. The molecule has 1 aromatic carbocycles. The minimum Gasteiger partial charge on any atom is -0.316 e. The Bertz CT molecular complexity index is 699. The molecular weight excluding hydrogens is 266 g/mol. The monoisotopic (exact) mass is 281 g/mol. The average molecular weight is 281 g/mol. The van der Waals surface area contributed by atoms with Gasteiger partial charge in [0.2, 0.25) is 0 Å². The minimum atomic E-state index is 0.820. The van der Waals surface area contributed by atoms with E-state index >= 15 is 0 Å². The van der Waals surface area contributed by atoms with Gasteiger partial charge < -0.3 is 5.32 Å². The molecule has 0 aliphatic carbocycles. The highest BCUT2D eigenvalue weighted by molar-refractivity contribution is 7.14. The second kappa shape index (κ2) is 5.43. The molecule has 0 aliphatic rings. The molecule has 1 N–H and O–H groups in total. The molecule has 3 nitrogen and oxygen atoms in total. The normalized spacial score (nSPS) is 10.5. The molecule has 0 saturated carbocycles. The molecule has 0 fully saturated rings. The molecule has 2 heterocycles. The predicted molar refractivity (Wildman–Crippen MR) is 84.5 cm³/mol. The molecule has 0 bridgehead atoms. The summed E-state index contributed by atoms with van der Waals surface area (Å²) in [6.07, 6.45) is 1.84. The van der Waals surface area contributed by atoms with Crippen LogP contribution >= 0.6 is 11.3 Å². The zero-order chi connectivity index (χ0) is 13.9. The summed E-state index contributed by atoms with van der Waals surface area (Å²) < 4.78 is 0. The highest BCUT2D eigenvalue weighted by Gasteiger charge is 2.05. The zero-order valence-electron chi connectivity index (χ0n) is 11.4. The van der Waals surface area contributed by atoms with Gasteiger partial charge in [-0.05, 0) is 25.5 Å². The SMILES string of the molecule is Cc1ccc(-c2csc(Nc3ccc(C)cn3)n2)cc1. The molecule has 0 unspecified atom stereocenters. The Kier molecular flexibility index (Phi) is 3.48. The largest absolute Gasteiger partial charge is 0.316 e. The summed E-state index contributed by atoms with van der Waals surface area (Å²) in [7, 11) is 0. The van der Waals surface area contributed by atoms with Crippen molar-refractivity contribution in [2.45, 2.75) is 13.8 Å². The zero-order valence-corrected chi connectivity index (χ0v) is 12.2. The first-order valence-electron chi connectivity index (χ1n) is 6.43. The van der Waals surface area contributed by atoms with Crippen LogP contribution in [0.5, 0.6) is 0 Å². The number of rotatable bonds is 3. The number of aromatic nitrogens is 2. The fourth-order valence-electron chi connectivity index (χ4n) is 1.84. The fraction of sp³-hybridized carbons (Fsp3) is 0.125. The van der Waals surface area contributed by atoms with Crippen molar-refractivity contribution in [1.82, 2.24) is 9.97 Å². The van der Waals surface area contributed by atoms with Crippen LogP contribution in [0.1, 0.15) is 11.1 Å². The lowest BCUT2D eigenvalue weighted by Crippen LogP contribution is -1.92. The molecule has 0 radical (unpaired) electrons. The van der Waals surface area contributed by atoms with E-state index in [9.17, 15) is 0 Å². The number of anilines is 2. The highest BCUT2D eigenvalue weighted by atomic mass is 32.1. The van der Waals surface area contributed by atoms with Crippen LogP contribution in [0.3, 0.4) is 0 Å². The summed E-state index contributed by atoms with van der Waals surface area (Å²) >= 11 is 1.59. The molecule has 0 aliphatic heterocycles. The third-order valence-electron chi connectivity index (χ3n) is 3.00. The van der Waals surface area contributed by atoms with E-state index in [0.29, 0.717) is 0 Å². The Labute approximate surface area is 122 Å². The second-order valence-electron chi connectivity index (χ2n) is 4.75. The quantitative estimate of drug-likeness (QED) is 0.764. The summed E-state index contributed by atoms with van der Waals surface area (Å²) in [5.74, 6) is 0.820. The van der Waals surface area contributed by atoms with Gasteiger partial charge in [0.25, 0.3) is 0 Å². The first-order valence-corrected chi connectivity index (χ1v) is 7.31. The van der Waals surface area contributed by atoms with E-state index in [2.05, 4.69) is 51.9 Å². The van der Waals surface area contributed by atoms with Gasteiger partial charge in [-0.2, -0.15) is 0 Å². The molecule has 2 aromatic heterocycles. The number of pyridine rings is 1. The summed E-state index contributed by atoms with van der Waals surface area (Å²) in [6, 6.07) is 12.4. The van der Waals surface area contributed by atoms with Gasteiger partial charge >= 0.3 is 0 Å². The van der Waals surface area contributed by atoms with E-state index in [1.165, 1.54) is 5.56 Å². The maximum atomic E-state index is 4.60. The van der Waals surface area contributed by atoms with Crippen molar-refractivity contribution in [2.24, 2.45) is 0 Å². The molecule has 4 heteroatoms. The van der Waals surface area contributed by atoms with E-state index in [0.717, 1.165) is 27.8 Å². The summed E-state index contributed by atoms with van der Waals surface area (Å²) in [4.78, 5) is 8.92. The van der Waals surface area contributed by atoms with Crippen LogP contribution < -0.4 is 5.32 Å². The van der Waals surface area contributed by atoms with Crippen molar-refractivity contribution < 1.29 is 0 Å². The van der Waals surface area contributed by atoms with Gasteiger partial charge in [0.15, 0.2) is 5.13 Å². The van der Waals surface area contributed by atoms with Crippen LogP contribution in [0.25, 0.3) is 11.3 Å². The number of thiazole rings is 1.